The summed E-state index contributed by atoms with van der Waals surface area (Å²) in [6.45, 7) is 3.22. The Morgan fingerprint density at radius 3 is 2.31 bits per heavy atom. The number of nitrogens with one attached hydrogen (secondary N) is 2. The number of nitrogens with zero attached hydrogens (tertiary/aromatic N) is 1. The second-order valence-electron chi connectivity index (χ2n) is 8.81. The summed E-state index contributed by atoms with van der Waals surface area (Å²) in [5, 5.41) is 7.08. The van der Waals surface area contributed by atoms with Crippen LogP contribution >= 0.6 is 11.6 Å². The summed E-state index contributed by atoms with van der Waals surface area (Å²) in [6, 6.07) is 12.3. The molecule has 0 aliphatic heterocycles. The quantitative estimate of drug-likeness (QED) is 0.234. The molecule has 192 valence electrons. The van der Waals surface area contributed by atoms with E-state index >= 15 is 0 Å². The fourth-order valence-corrected chi connectivity index (χ4v) is 4.49. The van der Waals surface area contributed by atoms with E-state index in [2.05, 4.69) is 10.6 Å². The van der Waals surface area contributed by atoms with Gasteiger partial charge >= 0.3 is 0 Å². The zero-order valence-corrected chi connectivity index (χ0v) is 21.7. The Kier molecular flexibility index (Phi) is 10.4. The van der Waals surface area contributed by atoms with Crippen molar-refractivity contribution in [3.8, 4) is 5.75 Å². The van der Waals surface area contributed by atoms with Crippen molar-refractivity contribution < 1.29 is 19.1 Å². The number of ether oxygens (including phenoxy) is 1. The number of fused-ring (bicyclic) bond motifs is 1. The summed E-state index contributed by atoms with van der Waals surface area (Å²) < 4.78 is 7.06. The van der Waals surface area contributed by atoms with E-state index in [0.29, 0.717) is 22.9 Å². The maximum absolute atomic E-state index is 13.4. The van der Waals surface area contributed by atoms with Gasteiger partial charge in [-0.1, -0.05) is 37.3 Å². The minimum Gasteiger partial charge on any atom is -0.497 e. The van der Waals surface area contributed by atoms with Gasteiger partial charge in [-0.3, -0.25) is 19.0 Å². The molecule has 0 bridgehead atoms. The number of amides is 2. The Bertz CT molecular complexity index is 1190. The van der Waals surface area contributed by atoms with Crippen molar-refractivity contribution in [2.75, 3.05) is 20.2 Å². The molecular formula is C28H34ClN3O4. The molecule has 0 unspecified atom stereocenters. The van der Waals surface area contributed by atoms with Gasteiger partial charge in [0, 0.05) is 34.8 Å². The number of aromatic nitrogens is 1. The monoisotopic (exact) mass is 511 g/mol. The predicted molar refractivity (Wildman–Crippen MR) is 143 cm³/mol. The summed E-state index contributed by atoms with van der Waals surface area (Å²) >= 11 is 5.99. The van der Waals surface area contributed by atoms with Gasteiger partial charge in [-0.2, -0.15) is 0 Å². The number of hydrogen-bond acceptors (Lipinski definition) is 4. The minimum absolute atomic E-state index is 0.0705. The van der Waals surface area contributed by atoms with Gasteiger partial charge in [-0.25, -0.2) is 0 Å². The van der Waals surface area contributed by atoms with Crippen molar-refractivity contribution in [1.82, 2.24) is 15.2 Å². The first-order valence-corrected chi connectivity index (χ1v) is 12.8. The normalized spacial score (nSPS) is 10.9. The van der Waals surface area contributed by atoms with Crippen LogP contribution in [0.5, 0.6) is 5.75 Å². The van der Waals surface area contributed by atoms with Gasteiger partial charge in [-0.15, -0.1) is 0 Å². The molecule has 8 heteroatoms. The van der Waals surface area contributed by atoms with Crippen LogP contribution in [-0.4, -0.2) is 43.0 Å². The Hall–Kier alpha value is -3.32. The molecule has 0 saturated carbocycles. The van der Waals surface area contributed by atoms with Gasteiger partial charge in [0.05, 0.1) is 19.0 Å². The highest BCUT2D eigenvalue weighted by Gasteiger charge is 2.22. The number of benzene rings is 2. The second kappa shape index (κ2) is 13.7. The van der Waals surface area contributed by atoms with Crippen molar-refractivity contribution in [2.24, 2.45) is 0 Å². The molecule has 0 aliphatic carbocycles. The molecule has 0 fully saturated rings. The number of methoxy groups -OCH3 is 1. The van der Waals surface area contributed by atoms with Gasteiger partial charge in [0.2, 0.25) is 12.3 Å². The van der Waals surface area contributed by atoms with Crippen LogP contribution < -0.4 is 15.4 Å². The summed E-state index contributed by atoms with van der Waals surface area (Å²) in [7, 11) is 1.60. The van der Waals surface area contributed by atoms with E-state index in [4.69, 9.17) is 16.3 Å². The summed E-state index contributed by atoms with van der Waals surface area (Å²) in [4.78, 5) is 36.4. The SMILES string of the molecule is COc1ccc2c(c1)c(CC(=O)NCCCCCCCCNC=O)c(C)n2C(=O)c1ccc(Cl)cc1. The predicted octanol–water partition coefficient (Wildman–Crippen LogP) is 5.05. The third kappa shape index (κ3) is 7.10. The Labute approximate surface area is 217 Å². The molecule has 0 aliphatic rings. The molecule has 0 saturated heterocycles. The lowest BCUT2D eigenvalue weighted by molar-refractivity contribution is -0.120. The lowest BCUT2D eigenvalue weighted by Crippen LogP contribution is -2.26. The first kappa shape index (κ1) is 27.3. The van der Waals surface area contributed by atoms with E-state index in [-0.39, 0.29) is 18.2 Å². The molecule has 2 aromatic carbocycles. The van der Waals surface area contributed by atoms with Crippen molar-refractivity contribution in [1.29, 1.82) is 0 Å². The zero-order valence-electron chi connectivity index (χ0n) is 20.9. The molecule has 0 atom stereocenters. The Morgan fingerprint density at radius 1 is 0.972 bits per heavy atom. The van der Waals surface area contributed by atoms with Crippen LogP contribution in [-0.2, 0) is 16.0 Å². The molecular weight excluding hydrogens is 478 g/mol. The maximum Gasteiger partial charge on any atom is 0.262 e. The molecule has 1 heterocycles. The van der Waals surface area contributed by atoms with Gasteiger partial charge in [0.25, 0.3) is 5.91 Å². The fraction of sp³-hybridized carbons (Fsp3) is 0.393. The smallest absolute Gasteiger partial charge is 0.262 e. The van der Waals surface area contributed by atoms with Crippen LogP contribution in [0.25, 0.3) is 10.9 Å². The number of hydrogen-bond donors (Lipinski definition) is 2. The zero-order chi connectivity index (χ0) is 25.9. The highest BCUT2D eigenvalue weighted by atomic mass is 35.5. The van der Waals surface area contributed by atoms with Crippen LogP contribution in [0.2, 0.25) is 5.02 Å². The molecule has 2 N–H and O–H groups in total. The van der Waals surface area contributed by atoms with Crippen LogP contribution in [0.1, 0.15) is 60.1 Å². The lowest BCUT2D eigenvalue weighted by atomic mass is 10.1. The third-order valence-electron chi connectivity index (χ3n) is 6.33. The fourth-order valence-electron chi connectivity index (χ4n) is 4.36. The maximum atomic E-state index is 13.4. The van der Waals surface area contributed by atoms with Crippen LogP contribution in [0.4, 0.5) is 0 Å². The third-order valence-corrected chi connectivity index (χ3v) is 6.58. The average molecular weight is 512 g/mol. The number of carbonyl (C=O) groups excluding carboxylic acids is 3. The standard InChI is InChI=1S/C28H34ClN3O4/c1-20-24(18-27(34)31-16-8-6-4-3-5-7-15-30-19-33)25-17-23(36-2)13-14-26(25)32(20)28(35)21-9-11-22(29)12-10-21/h9-14,17,19H,3-8,15-16,18H2,1-2H3,(H,30,33)(H,31,34). The van der Waals surface area contributed by atoms with Crippen LogP contribution in [0.3, 0.4) is 0 Å². The molecule has 0 spiro atoms. The van der Waals surface area contributed by atoms with Crippen molar-refractivity contribution in [3.63, 3.8) is 0 Å². The number of rotatable bonds is 14. The van der Waals surface area contributed by atoms with Gasteiger partial charge < -0.3 is 15.4 Å². The highest BCUT2D eigenvalue weighted by molar-refractivity contribution is 6.30. The Balaban J connectivity index is 1.65. The van der Waals surface area contributed by atoms with Crippen LogP contribution in [0.15, 0.2) is 42.5 Å². The molecule has 3 aromatic rings. The number of unbranched alkanes of at least 4 members (excludes halogenated alkanes) is 5. The number of carbonyl (C=O) groups is 3. The van der Waals surface area contributed by atoms with E-state index in [1.807, 2.05) is 25.1 Å². The molecule has 36 heavy (non-hydrogen) atoms. The van der Waals surface area contributed by atoms with Gasteiger partial charge in [0.15, 0.2) is 0 Å². The molecule has 1 aromatic heterocycles. The average Bonchev–Trinajstić information content (AvgIpc) is 3.15. The topological polar surface area (TPSA) is 89.4 Å². The van der Waals surface area contributed by atoms with E-state index in [0.717, 1.165) is 73.6 Å². The number of halogens is 1. The highest BCUT2D eigenvalue weighted by Crippen LogP contribution is 2.31. The minimum atomic E-state index is -0.173. The molecule has 2 amide bonds. The van der Waals surface area contributed by atoms with Gasteiger partial charge in [0.1, 0.15) is 5.75 Å². The first-order valence-electron chi connectivity index (χ1n) is 12.4. The van der Waals surface area contributed by atoms with E-state index in [1.54, 1.807) is 35.9 Å². The van der Waals surface area contributed by atoms with Crippen LogP contribution in [0, 0.1) is 6.92 Å². The molecule has 7 nitrogen and oxygen atoms in total. The summed E-state index contributed by atoms with van der Waals surface area (Å²) in [6.07, 6.45) is 7.19. The second-order valence-corrected chi connectivity index (χ2v) is 9.25. The van der Waals surface area contributed by atoms with E-state index < -0.39 is 0 Å². The molecule has 3 rings (SSSR count). The Morgan fingerprint density at radius 2 is 1.64 bits per heavy atom. The lowest BCUT2D eigenvalue weighted by Gasteiger charge is -2.08. The van der Waals surface area contributed by atoms with E-state index in [9.17, 15) is 14.4 Å². The largest absolute Gasteiger partial charge is 0.497 e. The molecule has 0 radical (unpaired) electrons. The van der Waals surface area contributed by atoms with E-state index in [1.165, 1.54) is 0 Å². The first-order chi connectivity index (χ1) is 17.5. The van der Waals surface area contributed by atoms with Crippen molar-refractivity contribution in [2.45, 2.75) is 51.9 Å². The van der Waals surface area contributed by atoms with Gasteiger partial charge in [-0.05, 0) is 67.8 Å². The van der Waals surface area contributed by atoms with Crippen molar-refractivity contribution in [3.05, 3.63) is 64.3 Å². The van der Waals surface area contributed by atoms with Crippen molar-refractivity contribution >= 4 is 40.7 Å². The summed E-state index contributed by atoms with van der Waals surface area (Å²) in [5.41, 5.74) is 2.80. The summed E-state index contributed by atoms with van der Waals surface area (Å²) in [5.74, 6) is 0.425.